The van der Waals surface area contributed by atoms with Gasteiger partial charge in [-0.05, 0) is 18.9 Å². The van der Waals surface area contributed by atoms with E-state index in [4.69, 9.17) is 4.52 Å². The molecule has 0 radical (unpaired) electrons. The van der Waals surface area contributed by atoms with Gasteiger partial charge < -0.3 is 14.6 Å². The highest BCUT2D eigenvalue weighted by Gasteiger charge is 2.13. The molecule has 0 spiro atoms. The Bertz CT molecular complexity index is 759. The number of allylic oxidation sites excluding steroid dienone is 6. The van der Waals surface area contributed by atoms with Crippen molar-refractivity contribution < 1.29 is 14.1 Å². The van der Waals surface area contributed by atoms with E-state index in [1.807, 2.05) is 62.5 Å². The summed E-state index contributed by atoms with van der Waals surface area (Å²) >= 11 is 0. The molecule has 1 aliphatic rings. The van der Waals surface area contributed by atoms with Crippen LogP contribution in [0.4, 0.5) is 5.69 Å². The highest BCUT2D eigenvalue weighted by atomic mass is 16.5. The average Bonchev–Trinajstić information content (AvgIpc) is 2.85. The average molecular weight is 338 g/mol. The van der Waals surface area contributed by atoms with Gasteiger partial charge in [0.1, 0.15) is 18.0 Å². The molecule has 5 heteroatoms. The quantitative estimate of drug-likeness (QED) is 0.824. The van der Waals surface area contributed by atoms with Crippen molar-refractivity contribution in [2.24, 2.45) is 0 Å². The van der Waals surface area contributed by atoms with Crippen molar-refractivity contribution in [3.63, 3.8) is 0 Å². The van der Waals surface area contributed by atoms with Gasteiger partial charge in [0, 0.05) is 12.6 Å². The minimum atomic E-state index is 0.365. The fourth-order valence-corrected chi connectivity index (χ4v) is 2.31. The molecule has 0 amide bonds. The van der Waals surface area contributed by atoms with Gasteiger partial charge in [0.25, 0.3) is 6.47 Å². The number of nitrogens with one attached hydrogen (secondary N) is 1. The van der Waals surface area contributed by atoms with Gasteiger partial charge in [0.05, 0.1) is 0 Å². The van der Waals surface area contributed by atoms with Crippen LogP contribution >= 0.6 is 0 Å². The first-order chi connectivity index (χ1) is 12.3. The first kappa shape index (κ1) is 18.3. The van der Waals surface area contributed by atoms with Crippen LogP contribution in [-0.2, 0) is 16.1 Å². The van der Waals surface area contributed by atoms with E-state index in [0.717, 1.165) is 34.7 Å². The standard InChI is InChI=1S/C12H14N2O.C8H8O2/c1-9-11(13-2)12(15-14-9)10-7-5-3-4-6-8-10;9-7-10-6-8-4-2-1-3-5-8/h3-5,7-8,13H,6H2,1-2H3;1-5,7H,6H2. The molecule has 1 heterocycles. The highest BCUT2D eigenvalue weighted by Crippen LogP contribution is 2.28. The molecular weight excluding hydrogens is 316 g/mol. The first-order valence-electron chi connectivity index (χ1n) is 8.03. The van der Waals surface area contributed by atoms with Gasteiger partial charge in [0.15, 0.2) is 5.76 Å². The maximum atomic E-state index is 9.76. The molecule has 1 aliphatic carbocycles. The predicted molar refractivity (Wildman–Crippen MR) is 99.0 cm³/mol. The number of aryl methyl sites for hydroxylation is 1. The fraction of sp³-hybridized carbons (Fsp3) is 0.200. The third-order valence-electron chi connectivity index (χ3n) is 3.53. The van der Waals surface area contributed by atoms with E-state index < -0.39 is 0 Å². The lowest BCUT2D eigenvalue weighted by Gasteiger charge is -2.01. The van der Waals surface area contributed by atoms with Crippen LogP contribution in [0.25, 0.3) is 5.57 Å². The van der Waals surface area contributed by atoms with E-state index in [1.165, 1.54) is 0 Å². The summed E-state index contributed by atoms with van der Waals surface area (Å²) in [6.07, 6.45) is 11.2. The molecule has 0 saturated heterocycles. The molecule has 0 unspecified atom stereocenters. The summed E-state index contributed by atoms with van der Waals surface area (Å²) in [5, 5.41) is 7.07. The molecule has 0 atom stereocenters. The zero-order valence-corrected chi connectivity index (χ0v) is 14.4. The molecule has 3 rings (SSSR count). The lowest BCUT2D eigenvalue weighted by atomic mass is 10.1. The van der Waals surface area contributed by atoms with Crippen molar-refractivity contribution >= 4 is 17.7 Å². The fourth-order valence-electron chi connectivity index (χ4n) is 2.31. The third kappa shape index (κ3) is 5.49. The van der Waals surface area contributed by atoms with Crippen LogP contribution in [0.15, 0.2) is 65.2 Å². The normalized spacial score (nSPS) is 12.5. The molecule has 2 aromatic rings. The lowest BCUT2D eigenvalue weighted by Crippen LogP contribution is -1.92. The molecule has 25 heavy (non-hydrogen) atoms. The number of nitrogens with zero attached hydrogens (tertiary/aromatic N) is 1. The number of aromatic nitrogens is 1. The third-order valence-corrected chi connectivity index (χ3v) is 3.53. The Morgan fingerprint density at radius 3 is 2.80 bits per heavy atom. The van der Waals surface area contributed by atoms with Crippen molar-refractivity contribution in [3.05, 3.63) is 77.7 Å². The summed E-state index contributed by atoms with van der Waals surface area (Å²) in [7, 11) is 1.88. The van der Waals surface area contributed by atoms with Crippen LogP contribution in [0.3, 0.4) is 0 Å². The summed E-state index contributed by atoms with van der Waals surface area (Å²) in [4.78, 5) is 9.76. The number of ether oxygens (including phenoxy) is 1. The van der Waals surface area contributed by atoms with Gasteiger partial charge in [-0.3, -0.25) is 4.79 Å². The van der Waals surface area contributed by atoms with Gasteiger partial charge in [0.2, 0.25) is 0 Å². The topological polar surface area (TPSA) is 64.4 Å². The number of carbonyl (C=O) groups is 1. The Hall–Kier alpha value is -3.08. The highest BCUT2D eigenvalue weighted by molar-refractivity contribution is 5.80. The molecule has 0 bridgehead atoms. The van der Waals surface area contributed by atoms with Gasteiger partial charge in [-0.2, -0.15) is 0 Å². The lowest BCUT2D eigenvalue weighted by molar-refractivity contribution is -0.129. The Balaban J connectivity index is 0.000000196. The first-order valence-corrected chi connectivity index (χ1v) is 8.03. The molecule has 1 aromatic carbocycles. The minimum Gasteiger partial charge on any atom is -0.463 e. The second-order valence-corrected chi connectivity index (χ2v) is 5.30. The summed E-state index contributed by atoms with van der Waals surface area (Å²) < 4.78 is 9.86. The van der Waals surface area contributed by atoms with Gasteiger partial charge >= 0.3 is 0 Å². The number of hydrogen-bond acceptors (Lipinski definition) is 5. The van der Waals surface area contributed by atoms with Gasteiger partial charge in [-0.15, -0.1) is 0 Å². The summed E-state index contributed by atoms with van der Waals surface area (Å²) in [5.41, 5.74) is 3.94. The van der Waals surface area contributed by atoms with Crippen LogP contribution in [0, 0.1) is 6.92 Å². The van der Waals surface area contributed by atoms with Gasteiger partial charge in [-0.25, -0.2) is 0 Å². The maximum Gasteiger partial charge on any atom is 0.293 e. The van der Waals surface area contributed by atoms with Crippen LogP contribution in [0.2, 0.25) is 0 Å². The van der Waals surface area contributed by atoms with Crippen LogP contribution in [0.1, 0.15) is 23.4 Å². The summed E-state index contributed by atoms with van der Waals surface area (Å²) in [6.45, 7) is 2.75. The molecular formula is C20H22N2O3. The largest absolute Gasteiger partial charge is 0.463 e. The Kier molecular flexibility index (Phi) is 7.25. The molecule has 0 saturated carbocycles. The van der Waals surface area contributed by atoms with E-state index in [0.29, 0.717) is 13.1 Å². The second-order valence-electron chi connectivity index (χ2n) is 5.30. The minimum absolute atomic E-state index is 0.365. The van der Waals surface area contributed by atoms with Crippen molar-refractivity contribution in [2.45, 2.75) is 20.0 Å². The van der Waals surface area contributed by atoms with Crippen LogP contribution in [-0.4, -0.2) is 18.7 Å². The molecule has 5 nitrogen and oxygen atoms in total. The molecule has 1 N–H and O–H groups in total. The molecule has 0 aliphatic heterocycles. The number of benzene rings is 1. The smallest absolute Gasteiger partial charge is 0.293 e. The van der Waals surface area contributed by atoms with Crippen molar-refractivity contribution in [2.75, 3.05) is 12.4 Å². The summed E-state index contributed by atoms with van der Waals surface area (Å²) in [6, 6.07) is 9.55. The van der Waals surface area contributed by atoms with Crippen molar-refractivity contribution in [1.82, 2.24) is 5.16 Å². The monoisotopic (exact) mass is 338 g/mol. The Morgan fingerprint density at radius 1 is 1.28 bits per heavy atom. The van der Waals surface area contributed by atoms with Gasteiger partial charge in [-0.1, -0.05) is 65.9 Å². The van der Waals surface area contributed by atoms with Crippen LogP contribution in [0.5, 0.6) is 0 Å². The van der Waals surface area contributed by atoms with Crippen molar-refractivity contribution in [1.29, 1.82) is 0 Å². The molecule has 130 valence electrons. The van der Waals surface area contributed by atoms with Crippen LogP contribution < -0.4 is 5.32 Å². The second kappa shape index (κ2) is 9.93. The van der Waals surface area contributed by atoms with E-state index in [1.54, 1.807) is 0 Å². The zero-order valence-electron chi connectivity index (χ0n) is 14.4. The SMILES string of the molecule is CNc1c(C)noc1C1=CCC=CC=C1.O=COCc1ccccc1. The number of rotatable bonds is 5. The zero-order chi connectivity index (χ0) is 17.9. The van der Waals surface area contributed by atoms with E-state index >= 15 is 0 Å². The van der Waals surface area contributed by atoms with Crippen molar-refractivity contribution in [3.8, 4) is 0 Å². The number of anilines is 1. The summed E-state index contributed by atoms with van der Waals surface area (Å²) in [5.74, 6) is 0.815. The maximum absolute atomic E-state index is 9.76. The Labute approximate surface area is 147 Å². The number of carbonyl (C=O) groups excluding carboxylic acids is 1. The molecule has 0 fully saturated rings. The predicted octanol–water partition coefficient (Wildman–Crippen LogP) is 4.28. The van der Waals surface area contributed by atoms with E-state index in [2.05, 4.69) is 27.4 Å². The Morgan fingerprint density at radius 2 is 2.08 bits per heavy atom. The molecule has 1 aromatic heterocycles. The van der Waals surface area contributed by atoms with E-state index in [9.17, 15) is 4.79 Å². The number of hydrogen-bond donors (Lipinski definition) is 1. The van der Waals surface area contributed by atoms with E-state index in [-0.39, 0.29) is 0 Å².